The Labute approximate surface area is 185 Å². The van der Waals surface area contributed by atoms with E-state index < -0.39 is 17.2 Å². The topological polar surface area (TPSA) is 95.9 Å². The molecule has 0 aliphatic carbocycles. The number of rotatable bonds is 9. The number of aliphatic hydroxyl groups is 1. The monoisotopic (exact) mass is 440 g/mol. The summed E-state index contributed by atoms with van der Waals surface area (Å²) in [6.07, 6.45) is 2.11. The van der Waals surface area contributed by atoms with Crippen LogP contribution >= 0.6 is 11.8 Å². The predicted molar refractivity (Wildman–Crippen MR) is 119 cm³/mol. The predicted octanol–water partition coefficient (Wildman–Crippen LogP) is 2.84. The summed E-state index contributed by atoms with van der Waals surface area (Å²) in [5.41, 5.74) is 1.77. The maximum Gasteiger partial charge on any atom is 0.293 e. The molecular weight excluding hydrogens is 416 g/mol. The molecule has 2 aromatic rings. The average Bonchev–Trinajstić information content (AvgIpc) is 3.05. The van der Waals surface area contributed by atoms with Gasteiger partial charge in [-0.15, -0.1) is 0 Å². The standard InChI is InChI=1S/C23H24N2O5S/c1-30-19-9-7-17(8-10-19)14-20-22(28)25(23(29)31-20)12-11-21(27)24-18(15-26)13-16-5-3-2-4-6-16/h2-10,14,18,26H,11-13,15H2,1H3,(H,24,27)/t18-/m1/s1. The number of hydrogen-bond donors (Lipinski definition) is 2. The number of benzene rings is 2. The van der Waals surface area contributed by atoms with Gasteiger partial charge in [0, 0.05) is 13.0 Å². The Balaban J connectivity index is 1.54. The Hall–Kier alpha value is -3.10. The van der Waals surface area contributed by atoms with Gasteiger partial charge in [0.2, 0.25) is 5.91 Å². The van der Waals surface area contributed by atoms with Crippen LogP contribution in [0.3, 0.4) is 0 Å². The molecule has 0 spiro atoms. The van der Waals surface area contributed by atoms with E-state index in [0.717, 1.165) is 27.8 Å². The molecule has 1 fully saturated rings. The fourth-order valence-corrected chi connectivity index (χ4v) is 3.98. The Morgan fingerprint density at radius 1 is 1.16 bits per heavy atom. The highest BCUT2D eigenvalue weighted by Gasteiger charge is 2.35. The maximum absolute atomic E-state index is 12.6. The number of methoxy groups -OCH3 is 1. The zero-order valence-electron chi connectivity index (χ0n) is 17.1. The van der Waals surface area contributed by atoms with Crippen molar-refractivity contribution in [1.29, 1.82) is 0 Å². The molecule has 8 heteroatoms. The molecule has 31 heavy (non-hydrogen) atoms. The molecule has 2 N–H and O–H groups in total. The number of hydrogen-bond acceptors (Lipinski definition) is 6. The van der Waals surface area contributed by atoms with Crippen molar-refractivity contribution < 1.29 is 24.2 Å². The van der Waals surface area contributed by atoms with E-state index in [1.54, 1.807) is 37.5 Å². The van der Waals surface area contributed by atoms with Gasteiger partial charge < -0.3 is 15.2 Å². The first-order valence-electron chi connectivity index (χ1n) is 9.83. The highest BCUT2D eigenvalue weighted by Crippen LogP contribution is 2.32. The molecule has 0 aromatic heterocycles. The lowest BCUT2D eigenvalue weighted by Crippen LogP contribution is -2.41. The first-order valence-corrected chi connectivity index (χ1v) is 10.7. The van der Waals surface area contributed by atoms with Gasteiger partial charge in [-0.05, 0) is 47.5 Å². The number of nitrogens with zero attached hydrogens (tertiary/aromatic N) is 1. The van der Waals surface area contributed by atoms with Crippen LogP contribution in [-0.4, -0.2) is 53.4 Å². The minimum Gasteiger partial charge on any atom is -0.497 e. The second-order valence-electron chi connectivity index (χ2n) is 6.99. The van der Waals surface area contributed by atoms with Crippen LogP contribution in [0.1, 0.15) is 17.5 Å². The summed E-state index contributed by atoms with van der Waals surface area (Å²) in [6.45, 7) is -0.216. The van der Waals surface area contributed by atoms with Gasteiger partial charge in [0.15, 0.2) is 0 Å². The lowest BCUT2D eigenvalue weighted by atomic mass is 10.1. The zero-order valence-corrected chi connectivity index (χ0v) is 17.9. The SMILES string of the molecule is COc1ccc(C=C2SC(=O)N(CCC(=O)N[C@@H](CO)Cc3ccccc3)C2=O)cc1. The maximum atomic E-state index is 12.6. The van der Waals surface area contributed by atoms with Gasteiger partial charge in [-0.2, -0.15) is 0 Å². The van der Waals surface area contributed by atoms with Crippen LogP contribution in [-0.2, 0) is 16.0 Å². The van der Waals surface area contributed by atoms with Gasteiger partial charge in [0.25, 0.3) is 11.1 Å². The van der Waals surface area contributed by atoms with Crippen LogP contribution < -0.4 is 10.1 Å². The number of amides is 3. The molecule has 3 rings (SSSR count). The second kappa shape index (κ2) is 10.8. The molecule has 0 saturated carbocycles. The number of ether oxygens (including phenoxy) is 1. The van der Waals surface area contributed by atoms with E-state index in [4.69, 9.17) is 4.74 Å². The van der Waals surface area contributed by atoms with Gasteiger partial charge in [0.1, 0.15) is 5.75 Å². The molecule has 1 heterocycles. The fourth-order valence-electron chi connectivity index (χ4n) is 3.12. The van der Waals surface area contributed by atoms with Crippen molar-refractivity contribution in [2.45, 2.75) is 18.9 Å². The zero-order chi connectivity index (χ0) is 22.2. The fraction of sp³-hybridized carbons (Fsp3) is 0.261. The van der Waals surface area contributed by atoms with Crippen molar-refractivity contribution >= 4 is 34.9 Å². The third-order valence-electron chi connectivity index (χ3n) is 4.76. The number of aliphatic hydroxyl groups excluding tert-OH is 1. The number of thioether (sulfide) groups is 1. The molecule has 1 atom stereocenters. The van der Waals surface area contributed by atoms with E-state index in [-0.39, 0.29) is 25.5 Å². The minimum absolute atomic E-state index is 0.0140. The van der Waals surface area contributed by atoms with Crippen molar-refractivity contribution in [2.24, 2.45) is 0 Å². The van der Waals surface area contributed by atoms with Crippen molar-refractivity contribution in [3.63, 3.8) is 0 Å². The summed E-state index contributed by atoms with van der Waals surface area (Å²) in [5, 5.41) is 11.9. The van der Waals surface area contributed by atoms with Crippen LogP contribution in [0.4, 0.5) is 4.79 Å². The molecule has 0 bridgehead atoms. The van der Waals surface area contributed by atoms with E-state index >= 15 is 0 Å². The molecule has 0 unspecified atom stereocenters. The van der Waals surface area contributed by atoms with Crippen LogP contribution in [0.15, 0.2) is 59.5 Å². The summed E-state index contributed by atoms with van der Waals surface area (Å²) in [5.74, 6) is -0.0421. The van der Waals surface area contributed by atoms with Crippen molar-refractivity contribution in [2.75, 3.05) is 20.3 Å². The van der Waals surface area contributed by atoms with Gasteiger partial charge >= 0.3 is 0 Å². The molecule has 1 aliphatic heterocycles. The Bertz CT molecular complexity index is 960. The van der Waals surface area contributed by atoms with Crippen LogP contribution in [0, 0.1) is 0 Å². The molecule has 0 radical (unpaired) electrons. The molecule has 1 aliphatic rings. The number of carbonyl (C=O) groups is 3. The van der Waals surface area contributed by atoms with Gasteiger partial charge in [-0.3, -0.25) is 19.3 Å². The highest BCUT2D eigenvalue weighted by molar-refractivity contribution is 8.18. The summed E-state index contributed by atoms with van der Waals surface area (Å²) >= 11 is 0.854. The quantitative estimate of drug-likeness (QED) is 0.582. The third kappa shape index (κ3) is 6.19. The number of nitrogens with one attached hydrogen (secondary N) is 1. The Kier molecular flexibility index (Phi) is 7.86. The number of carbonyl (C=O) groups excluding carboxylic acids is 3. The lowest BCUT2D eigenvalue weighted by Gasteiger charge is -2.18. The Morgan fingerprint density at radius 3 is 2.52 bits per heavy atom. The first kappa shape index (κ1) is 22.6. The summed E-state index contributed by atoms with van der Waals surface area (Å²) < 4.78 is 5.11. The van der Waals surface area contributed by atoms with Crippen LogP contribution in [0.2, 0.25) is 0 Å². The molecule has 2 aromatic carbocycles. The molecular formula is C23H24N2O5S. The summed E-state index contributed by atoms with van der Waals surface area (Å²) in [6, 6.07) is 16.2. The van der Waals surface area contributed by atoms with Crippen molar-refractivity contribution in [3.8, 4) is 5.75 Å². The van der Waals surface area contributed by atoms with Gasteiger partial charge in [-0.25, -0.2) is 0 Å². The largest absolute Gasteiger partial charge is 0.497 e. The van der Waals surface area contributed by atoms with Crippen molar-refractivity contribution in [3.05, 3.63) is 70.6 Å². The minimum atomic E-state index is -0.431. The normalized spacial score (nSPS) is 15.9. The van der Waals surface area contributed by atoms with Gasteiger partial charge in [0.05, 0.1) is 24.7 Å². The third-order valence-corrected chi connectivity index (χ3v) is 5.67. The van der Waals surface area contributed by atoms with Crippen LogP contribution in [0.5, 0.6) is 5.75 Å². The van der Waals surface area contributed by atoms with E-state index in [1.807, 2.05) is 30.3 Å². The van der Waals surface area contributed by atoms with Crippen molar-refractivity contribution in [1.82, 2.24) is 10.2 Å². The lowest BCUT2D eigenvalue weighted by molar-refractivity contribution is -0.124. The Morgan fingerprint density at radius 2 is 1.87 bits per heavy atom. The van der Waals surface area contributed by atoms with E-state index in [1.165, 1.54) is 0 Å². The molecule has 3 amide bonds. The summed E-state index contributed by atoms with van der Waals surface area (Å²) in [7, 11) is 1.57. The molecule has 162 valence electrons. The summed E-state index contributed by atoms with van der Waals surface area (Å²) in [4.78, 5) is 38.5. The average molecular weight is 441 g/mol. The van der Waals surface area contributed by atoms with Gasteiger partial charge in [-0.1, -0.05) is 42.5 Å². The van der Waals surface area contributed by atoms with E-state index in [0.29, 0.717) is 17.1 Å². The number of imide groups is 1. The smallest absolute Gasteiger partial charge is 0.293 e. The highest BCUT2D eigenvalue weighted by atomic mass is 32.2. The molecule has 7 nitrogen and oxygen atoms in total. The molecule has 1 saturated heterocycles. The van der Waals surface area contributed by atoms with E-state index in [9.17, 15) is 19.5 Å². The van der Waals surface area contributed by atoms with E-state index in [2.05, 4.69) is 5.32 Å². The van der Waals surface area contributed by atoms with Crippen LogP contribution in [0.25, 0.3) is 6.08 Å². The second-order valence-corrected chi connectivity index (χ2v) is 7.99. The first-order chi connectivity index (χ1) is 15.0.